The lowest BCUT2D eigenvalue weighted by atomic mass is 9.96. The third-order valence-electron chi connectivity index (χ3n) is 2.95. The Balaban J connectivity index is 2.44. The van der Waals surface area contributed by atoms with Crippen molar-refractivity contribution in [3.05, 3.63) is 46.1 Å². The monoisotopic (exact) mass is 294 g/mol. The van der Waals surface area contributed by atoms with E-state index in [0.29, 0.717) is 16.3 Å². The Hall–Kier alpha value is -2.01. The third-order valence-corrected chi connectivity index (χ3v) is 3.18. The van der Waals surface area contributed by atoms with E-state index in [1.165, 1.54) is 0 Å². The Bertz CT molecular complexity index is 584. The highest BCUT2D eigenvalue weighted by Crippen LogP contribution is 2.28. The van der Waals surface area contributed by atoms with E-state index in [0.717, 1.165) is 5.56 Å². The first-order chi connectivity index (χ1) is 9.52. The van der Waals surface area contributed by atoms with Gasteiger partial charge in [-0.2, -0.15) is 0 Å². The fraction of sp³-hybridized carbons (Fsp3) is 0.286. The SMILES string of the molecule is CCOC(=O)C1=C(C)NC(=O)N[C@H]1c1cccc(Cl)c1. The molecule has 0 radical (unpaired) electrons. The largest absolute Gasteiger partial charge is 0.463 e. The number of hydrogen-bond donors (Lipinski definition) is 2. The lowest BCUT2D eigenvalue weighted by Gasteiger charge is -2.28. The van der Waals surface area contributed by atoms with E-state index < -0.39 is 12.0 Å². The fourth-order valence-corrected chi connectivity index (χ4v) is 2.31. The zero-order valence-corrected chi connectivity index (χ0v) is 12.0. The van der Waals surface area contributed by atoms with Crippen LogP contribution in [-0.4, -0.2) is 18.6 Å². The quantitative estimate of drug-likeness (QED) is 0.842. The lowest BCUT2D eigenvalue weighted by molar-refractivity contribution is -0.139. The molecule has 0 spiro atoms. The minimum absolute atomic E-state index is 0.270. The van der Waals surface area contributed by atoms with Crippen LogP contribution in [0.5, 0.6) is 0 Å². The minimum Gasteiger partial charge on any atom is -0.463 e. The summed E-state index contributed by atoms with van der Waals surface area (Å²) in [5, 5.41) is 5.83. The number of allylic oxidation sites excluding steroid dienone is 1. The van der Waals surface area contributed by atoms with Crippen LogP contribution in [0.15, 0.2) is 35.5 Å². The molecule has 5 nitrogen and oxygen atoms in total. The highest BCUT2D eigenvalue weighted by molar-refractivity contribution is 6.30. The van der Waals surface area contributed by atoms with Crippen LogP contribution in [0.1, 0.15) is 25.5 Å². The van der Waals surface area contributed by atoms with Gasteiger partial charge in [0.15, 0.2) is 0 Å². The molecule has 2 rings (SSSR count). The lowest BCUT2D eigenvalue weighted by Crippen LogP contribution is -2.45. The average molecular weight is 295 g/mol. The average Bonchev–Trinajstić information content (AvgIpc) is 2.37. The Morgan fingerprint density at radius 1 is 1.45 bits per heavy atom. The number of ether oxygens (including phenoxy) is 1. The van der Waals surface area contributed by atoms with E-state index in [9.17, 15) is 9.59 Å². The van der Waals surface area contributed by atoms with Crippen molar-refractivity contribution in [2.75, 3.05) is 6.61 Å². The van der Waals surface area contributed by atoms with Gasteiger partial charge in [-0.25, -0.2) is 9.59 Å². The molecule has 2 N–H and O–H groups in total. The molecule has 0 bridgehead atoms. The molecule has 0 saturated carbocycles. The van der Waals surface area contributed by atoms with E-state index in [2.05, 4.69) is 10.6 Å². The van der Waals surface area contributed by atoms with Crippen molar-refractivity contribution >= 4 is 23.6 Å². The molecule has 6 heteroatoms. The summed E-state index contributed by atoms with van der Waals surface area (Å²) in [6.45, 7) is 3.67. The van der Waals surface area contributed by atoms with Crippen LogP contribution in [0.3, 0.4) is 0 Å². The second kappa shape index (κ2) is 5.96. The molecule has 0 unspecified atom stereocenters. The summed E-state index contributed by atoms with van der Waals surface area (Å²) in [6.07, 6.45) is 0. The molecule has 1 heterocycles. The summed E-state index contributed by atoms with van der Waals surface area (Å²) in [6, 6.07) is 6.08. The number of benzene rings is 1. The van der Waals surface area contributed by atoms with Crippen LogP contribution in [0, 0.1) is 0 Å². The molecule has 1 aliphatic rings. The van der Waals surface area contributed by atoms with Crippen molar-refractivity contribution in [2.24, 2.45) is 0 Å². The van der Waals surface area contributed by atoms with Gasteiger partial charge in [-0.1, -0.05) is 23.7 Å². The van der Waals surface area contributed by atoms with E-state index >= 15 is 0 Å². The molecule has 0 aliphatic carbocycles. The molecule has 1 aliphatic heterocycles. The summed E-state index contributed by atoms with van der Waals surface area (Å²) in [7, 11) is 0. The first kappa shape index (κ1) is 14.4. The molecule has 20 heavy (non-hydrogen) atoms. The maximum atomic E-state index is 12.1. The second-order valence-electron chi connectivity index (χ2n) is 4.35. The van der Waals surface area contributed by atoms with Crippen LogP contribution in [-0.2, 0) is 9.53 Å². The molecule has 2 amide bonds. The summed E-state index contributed by atoms with van der Waals surface area (Å²) >= 11 is 5.96. The Labute approximate surface area is 121 Å². The molecule has 1 aromatic rings. The predicted octanol–water partition coefficient (Wildman–Crippen LogP) is 2.53. The normalized spacial score (nSPS) is 18.4. The molecule has 1 atom stereocenters. The van der Waals surface area contributed by atoms with Crippen molar-refractivity contribution in [2.45, 2.75) is 19.9 Å². The number of esters is 1. The summed E-state index contributed by atoms with van der Waals surface area (Å²) in [4.78, 5) is 23.7. The standard InChI is InChI=1S/C14H15ClN2O3/c1-3-20-13(18)11-8(2)16-14(19)17-12(11)9-5-4-6-10(15)7-9/h4-7,12H,3H2,1-2H3,(H2,16,17,19)/t12-/m0/s1. The van der Waals surface area contributed by atoms with Crippen molar-refractivity contribution < 1.29 is 14.3 Å². The van der Waals surface area contributed by atoms with Crippen molar-refractivity contribution in [3.63, 3.8) is 0 Å². The van der Waals surface area contributed by atoms with E-state index in [1.807, 2.05) is 0 Å². The highest BCUT2D eigenvalue weighted by atomic mass is 35.5. The smallest absolute Gasteiger partial charge is 0.338 e. The number of carbonyl (C=O) groups is 2. The maximum Gasteiger partial charge on any atom is 0.338 e. The van der Waals surface area contributed by atoms with Gasteiger partial charge < -0.3 is 15.4 Å². The first-order valence-electron chi connectivity index (χ1n) is 6.23. The van der Waals surface area contributed by atoms with Gasteiger partial charge in [-0.15, -0.1) is 0 Å². The van der Waals surface area contributed by atoms with Gasteiger partial charge in [0.2, 0.25) is 0 Å². The topological polar surface area (TPSA) is 67.4 Å². The van der Waals surface area contributed by atoms with E-state index in [1.54, 1.807) is 38.1 Å². The van der Waals surface area contributed by atoms with Crippen LogP contribution >= 0.6 is 11.6 Å². The van der Waals surface area contributed by atoms with Crippen LogP contribution in [0.2, 0.25) is 5.02 Å². The zero-order valence-electron chi connectivity index (χ0n) is 11.2. The number of halogens is 1. The zero-order chi connectivity index (χ0) is 14.7. The molecular formula is C14H15ClN2O3. The van der Waals surface area contributed by atoms with Gasteiger partial charge in [-0.3, -0.25) is 0 Å². The second-order valence-corrected chi connectivity index (χ2v) is 4.78. The molecule has 0 saturated heterocycles. The number of hydrogen-bond acceptors (Lipinski definition) is 3. The highest BCUT2D eigenvalue weighted by Gasteiger charge is 2.32. The molecule has 0 fully saturated rings. The van der Waals surface area contributed by atoms with Crippen LogP contribution < -0.4 is 10.6 Å². The summed E-state index contributed by atoms with van der Waals surface area (Å²) < 4.78 is 5.05. The van der Waals surface area contributed by atoms with E-state index in [4.69, 9.17) is 16.3 Å². The molecular weight excluding hydrogens is 280 g/mol. The number of carbonyl (C=O) groups excluding carboxylic acids is 2. The Kier molecular flexibility index (Phi) is 4.29. The van der Waals surface area contributed by atoms with Gasteiger partial charge in [0.05, 0.1) is 18.2 Å². The molecule has 106 valence electrons. The number of nitrogens with one attached hydrogen (secondary N) is 2. The van der Waals surface area contributed by atoms with Gasteiger partial charge in [0.1, 0.15) is 0 Å². The maximum absolute atomic E-state index is 12.1. The summed E-state index contributed by atoms with van der Waals surface area (Å²) in [5.74, 6) is -0.456. The van der Waals surface area contributed by atoms with Crippen molar-refractivity contribution in [1.29, 1.82) is 0 Å². The Morgan fingerprint density at radius 2 is 2.20 bits per heavy atom. The van der Waals surface area contributed by atoms with Crippen molar-refractivity contribution in [3.8, 4) is 0 Å². The van der Waals surface area contributed by atoms with Crippen LogP contribution in [0.4, 0.5) is 4.79 Å². The van der Waals surface area contributed by atoms with Crippen molar-refractivity contribution in [1.82, 2.24) is 10.6 Å². The van der Waals surface area contributed by atoms with Gasteiger partial charge >= 0.3 is 12.0 Å². The number of amides is 2. The fourth-order valence-electron chi connectivity index (χ4n) is 2.11. The third kappa shape index (κ3) is 2.93. The van der Waals surface area contributed by atoms with Gasteiger partial charge in [0, 0.05) is 10.7 Å². The van der Waals surface area contributed by atoms with Crippen LogP contribution in [0.25, 0.3) is 0 Å². The minimum atomic E-state index is -0.568. The van der Waals surface area contributed by atoms with Gasteiger partial charge in [-0.05, 0) is 31.5 Å². The Morgan fingerprint density at radius 3 is 2.85 bits per heavy atom. The molecule has 0 aromatic heterocycles. The summed E-state index contributed by atoms with van der Waals surface area (Å²) in [5.41, 5.74) is 1.60. The molecule has 1 aromatic carbocycles. The van der Waals surface area contributed by atoms with Gasteiger partial charge in [0.25, 0.3) is 0 Å². The first-order valence-corrected chi connectivity index (χ1v) is 6.61. The number of urea groups is 1. The predicted molar refractivity (Wildman–Crippen MR) is 75.2 cm³/mol. The number of rotatable bonds is 3. The van der Waals surface area contributed by atoms with E-state index in [-0.39, 0.29) is 12.6 Å².